The van der Waals surface area contributed by atoms with Crippen LogP contribution in [0.3, 0.4) is 0 Å². The van der Waals surface area contributed by atoms with Crippen LogP contribution in [0.2, 0.25) is 0 Å². The van der Waals surface area contributed by atoms with Crippen LogP contribution in [0.15, 0.2) is 43.0 Å². The molecule has 1 fully saturated rings. The van der Waals surface area contributed by atoms with Crippen LogP contribution in [0.1, 0.15) is 46.1 Å². The van der Waals surface area contributed by atoms with Gasteiger partial charge in [-0.3, -0.25) is 0 Å². The fourth-order valence-electron chi connectivity index (χ4n) is 3.45. The summed E-state index contributed by atoms with van der Waals surface area (Å²) >= 11 is 0. The lowest BCUT2D eigenvalue weighted by Gasteiger charge is -2.53. The average molecular weight is 256 g/mol. The summed E-state index contributed by atoms with van der Waals surface area (Å²) in [5.41, 5.74) is 1.48. The quantitative estimate of drug-likeness (QED) is 0.714. The van der Waals surface area contributed by atoms with Crippen LogP contribution in [0.5, 0.6) is 0 Å². The molecule has 1 radical (unpaired) electrons. The molecule has 0 N–H and O–H groups in total. The molecule has 0 saturated carbocycles. The molecule has 1 saturated heterocycles. The largest absolute Gasteiger partial charge is 0.229 e. The lowest BCUT2D eigenvalue weighted by molar-refractivity contribution is 0.0494. The zero-order valence-electron chi connectivity index (χ0n) is 12.7. The molecule has 1 aromatic rings. The molecule has 1 unspecified atom stereocenters. The van der Waals surface area contributed by atoms with Gasteiger partial charge in [0.2, 0.25) is 0 Å². The van der Waals surface area contributed by atoms with E-state index in [4.69, 9.17) is 5.32 Å². The van der Waals surface area contributed by atoms with Crippen molar-refractivity contribution in [1.82, 2.24) is 5.32 Å². The van der Waals surface area contributed by atoms with Crippen LogP contribution in [0.4, 0.5) is 0 Å². The van der Waals surface area contributed by atoms with Crippen molar-refractivity contribution >= 4 is 0 Å². The maximum atomic E-state index is 5.10. The predicted molar refractivity (Wildman–Crippen MR) is 82.3 cm³/mol. The molecule has 0 aromatic heterocycles. The highest BCUT2D eigenvalue weighted by molar-refractivity contribution is 5.23. The standard InChI is InChI=1S/C18H26N/c1-6-18(14-15-10-8-7-9-11-15)13-12-16(2,3)19-17(18,4)5/h6-11H,1,12-14H2,2-5H3. The van der Waals surface area contributed by atoms with E-state index in [1.807, 2.05) is 0 Å². The maximum absolute atomic E-state index is 5.10. The van der Waals surface area contributed by atoms with Crippen molar-refractivity contribution in [2.45, 2.75) is 58.0 Å². The van der Waals surface area contributed by atoms with Crippen molar-refractivity contribution in [2.75, 3.05) is 0 Å². The number of piperidine rings is 1. The molecule has 1 heteroatoms. The van der Waals surface area contributed by atoms with E-state index in [1.165, 1.54) is 5.56 Å². The van der Waals surface area contributed by atoms with Crippen LogP contribution >= 0.6 is 0 Å². The third-order valence-corrected chi connectivity index (χ3v) is 4.74. The highest BCUT2D eigenvalue weighted by Crippen LogP contribution is 2.47. The minimum Gasteiger partial charge on any atom is -0.229 e. The van der Waals surface area contributed by atoms with Crippen molar-refractivity contribution in [1.29, 1.82) is 0 Å². The van der Waals surface area contributed by atoms with Crippen molar-refractivity contribution in [3.05, 3.63) is 48.6 Å². The fraction of sp³-hybridized carbons (Fsp3) is 0.556. The molecule has 1 aromatic carbocycles. The molecular formula is C18H26N. The second-order valence-electron chi connectivity index (χ2n) is 7.01. The molecule has 1 atom stereocenters. The van der Waals surface area contributed by atoms with Crippen LogP contribution in [-0.4, -0.2) is 11.1 Å². The van der Waals surface area contributed by atoms with E-state index in [2.05, 4.69) is 70.7 Å². The Labute approximate surface area is 118 Å². The second kappa shape index (κ2) is 4.79. The molecule has 1 nitrogen and oxygen atoms in total. The first-order chi connectivity index (χ1) is 8.80. The van der Waals surface area contributed by atoms with Gasteiger partial charge in [-0.1, -0.05) is 36.4 Å². The van der Waals surface area contributed by atoms with Gasteiger partial charge in [-0.15, -0.1) is 6.58 Å². The van der Waals surface area contributed by atoms with Gasteiger partial charge in [0.15, 0.2) is 0 Å². The smallest absolute Gasteiger partial charge is 0.0400 e. The third-order valence-electron chi connectivity index (χ3n) is 4.74. The van der Waals surface area contributed by atoms with E-state index < -0.39 is 0 Å². The normalized spacial score (nSPS) is 28.8. The van der Waals surface area contributed by atoms with Crippen LogP contribution in [0, 0.1) is 5.41 Å². The lowest BCUT2D eigenvalue weighted by atomic mass is 9.60. The molecule has 1 heterocycles. The van der Waals surface area contributed by atoms with E-state index in [9.17, 15) is 0 Å². The number of benzene rings is 1. The zero-order valence-corrected chi connectivity index (χ0v) is 12.7. The number of hydrogen-bond donors (Lipinski definition) is 0. The highest BCUT2D eigenvalue weighted by Gasteiger charge is 2.50. The van der Waals surface area contributed by atoms with Gasteiger partial charge in [0.25, 0.3) is 0 Å². The minimum atomic E-state index is -0.0632. The number of nitrogens with zero attached hydrogens (tertiary/aromatic N) is 1. The fourth-order valence-corrected chi connectivity index (χ4v) is 3.45. The molecule has 103 valence electrons. The molecule has 0 aliphatic carbocycles. The summed E-state index contributed by atoms with van der Waals surface area (Å²) in [4.78, 5) is 0. The van der Waals surface area contributed by atoms with E-state index in [1.54, 1.807) is 0 Å². The monoisotopic (exact) mass is 256 g/mol. The van der Waals surface area contributed by atoms with Gasteiger partial charge in [-0.25, -0.2) is 5.32 Å². The molecule has 1 aliphatic heterocycles. The molecule has 0 spiro atoms. The van der Waals surface area contributed by atoms with Crippen LogP contribution < -0.4 is 5.32 Å². The van der Waals surface area contributed by atoms with Gasteiger partial charge in [0.1, 0.15) is 0 Å². The Hall–Kier alpha value is -1.08. The number of rotatable bonds is 3. The summed E-state index contributed by atoms with van der Waals surface area (Å²) < 4.78 is 0. The Kier molecular flexibility index (Phi) is 3.61. The van der Waals surface area contributed by atoms with Crippen molar-refractivity contribution in [2.24, 2.45) is 5.41 Å². The first-order valence-electron chi connectivity index (χ1n) is 7.22. The van der Waals surface area contributed by atoms with E-state index in [0.29, 0.717) is 0 Å². The third kappa shape index (κ3) is 2.76. The average Bonchev–Trinajstić information content (AvgIpc) is 2.33. The summed E-state index contributed by atoms with van der Waals surface area (Å²) in [7, 11) is 0. The summed E-state index contributed by atoms with van der Waals surface area (Å²) in [6, 6.07) is 10.7. The topological polar surface area (TPSA) is 14.1 Å². The van der Waals surface area contributed by atoms with E-state index in [0.717, 1.165) is 19.3 Å². The van der Waals surface area contributed by atoms with Crippen LogP contribution in [-0.2, 0) is 6.42 Å². The Morgan fingerprint density at radius 3 is 2.26 bits per heavy atom. The Morgan fingerprint density at radius 1 is 1.11 bits per heavy atom. The molecule has 1 aliphatic rings. The first-order valence-corrected chi connectivity index (χ1v) is 7.22. The van der Waals surface area contributed by atoms with Gasteiger partial charge < -0.3 is 0 Å². The summed E-state index contributed by atoms with van der Waals surface area (Å²) in [6.07, 6.45) is 5.48. The van der Waals surface area contributed by atoms with Crippen molar-refractivity contribution in [3.63, 3.8) is 0 Å². The maximum Gasteiger partial charge on any atom is 0.0400 e. The van der Waals surface area contributed by atoms with Crippen molar-refractivity contribution < 1.29 is 0 Å². The summed E-state index contributed by atoms with van der Waals surface area (Å²) in [5.74, 6) is 0. The van der Waals surface area contributed by atoms with Gasteiger partial charge in [0, 0.05) is 16.5 Å². The van der Waals surface area contributed by atoms with Gasteiger partial charge in [-0.05, 0) is 52.5 Å². The highest BCUT2D eigenvalue weighted by atomic mass is 15.1. The summed E-state index contributed by atoms with van der Waals surface area (Å²) in [6.45, 7) is 13.1. The predicted octanol–water partition coefficient (Wildman–Crippen LogP) is 4.36. The molecule has 0 bridgehead atoms. The Morgan fingerprint density at radius 2 is 1.74 bits per heavy atom. The van der Waals surface area contributed by atoms with Gasteiger partial charge in [0.05, 0.1) is 0 Å². The first kappa shape index (κ1) is 14.3. The second-order valence-corrected chi connectivity index (χ2v) is 7.01. The van der Waals surface area contributed by atoms with Gasteiger partial charge in [-0.2, -0.15) is 0 Å². The lowest BCUT2D eigenvalue weighted by Crippen LogP contribution is -2.60. The van der Waals surface area contributed by atoms with Gasteiger partial charge >= 0.3 is 0 Å². The number of hydrogen-bond acceptors (Lipinski definition) is 0. The summed E-state index contributed by atoms with van der Waals surface area (Å²) in [5, 5.41) is 5.10. The van der Waals surface area contributed by atoms with Crippen LogP contribution in [0.25, 0.3) is 0 Å². The Bertz CT molecular complexity index is 444. The molecular weight excluding hydrogens is 230 g/mol. The SMILES string of the molecule is C=CC1(Cc2ccccc2)CCC(C)(C)[N]C1(C)C. The Balaban J connectivity index is 2.30. The molecule has 19 heavy (non-hydrogen) atoms. The molecule has 2 rings (SSSR count). The van der Waals surface area contributed by atoms with Crippen molar-refractivity contribution in [3.8, 4) is 0 Å². The van der Waals surface area contributed by atoms with E-state index >= 15 is 0 Å². The van der Waals surface area contributed by atoms with E-state index in [-0.39, 0.29) is 16.5 Å². The minimum absolute atomic E-state index is 0.0632. The zero-order chi connectivity index (χ0) is 14.1. The molecule has 0 amide bonds.